The summed E-state index contributed by atoms with van der Waals surface area (Å²) >= 11 is 0. The van der Waals surface area contributed by atoms with E-state index in [1.165, 1.54) is 0 Å². The fourth-order valence-electron chi connectivity index (χ4n) is 2.31. The normalized spacial score (nSPS) is 16.1. The minimum absolute atomic E-state index is 0.133. The predicted octanol–water partition coefficient (Wildman–Crippen LogP) is 2.38. The lowest BCUT2D eigenvalue weighted by molar-refractivity contribution is 0.0357. The van der Waals surface area contributed by atoms with Crippen LogP contribution in [-0.4, -0.2) is 50.1 Å². The second-order valence-electron chi connectivity index (χ2n) is 4.93. The number of hydrogen-bond acceptors (Lipinski definition) is 4. The zero-order valence-corrected chi connectivity index (χ0v) is 12.1. The van der Waals surface area contributed by atoms with Crippen LogP contribution in [0.1, 0.15) is 30.1 Å². The third-order valence-corrected chi connectivity index (χ3v) is 3.49. The van der Waals surface area contributed by atoms with Gasteiger partial charge in [0.1, 0.15) is 5.75 Å². The Morgan fingerprint density at radius 2 is 2.05 bits per heavy atom. The summed E-state index contributed by atoms with van der Waals surface area (Å²) in [6.45, 7) is 7.20. The zero-order chi connectivity index (χ0) is 14.2. The lowest BCUT2D eigenvalue weighted by atomic mass is 10.1. The van der Waals surface area contributed by atoms with Crippen LogP contribution in [0.4, 0.5) is 0 Å². The Balaban J connectivity index is 1.77. The molecule has 0 saturated carbocycles. The summed E-state index contributed by atoms with van der Waals surface area (Å²) in [4.78, 5) is 14.2. The Bertz CT molecular complexity index is 427. The van der Waals surface area contributed by atoms with Crippen molar-refractivity contribution in [3.63, 3.8) is 0 Å². The summed E-state index contributed by atoms with van der Waals surface area (Å²) < 4.78 is 11.1. The molecule has 1 saturated heterocycles. The van der Waals surface area contributed by atoms with Crippen molar-refractivity contribution in [3.8, 4) is 5.75 Å². The van der Waals surface area contributed by atoms with Crippen LogP contribution >= 0.6 is 0 Å². The molecule has 0 N–H and O–H groups in total. The smallest absolute Gasteiger partial charge is 0.166 e. The zero-order valence-electron chi connectivity index (χ0n) is 12.1. The number of carbonyl (C=O) groups is 1. The average molecular weight is 277 g/mol. The molecule has 2 rings (SSSR count). The highest BCUT2D eigenvalue weighted by atomic mass is 16.5. The first kappa shape index (κ1) is 15.0. The minimum Gasteiger partial charge on any atom is -0.493 e. The van der Waals surface area contributed by atoms with Crippen LogP contribution in [0.2, 0.25) is 0 Å². The molecule has 1 aliphatic heterocycles. The lowest BCUT2D eigenvalue weighted by Crippen LogP contribution is -2.37. The predicted molar refractivity (Wildman–Crippen MR) is 78.4 cm³/mol. The van der Waals surface area contributed by atoms with Gasteiger partial charge in [0.2, 0.25) is 0 Å². The standard InChI is InChI=1S/C16H23NO3/c1-2-15(18)14-6-3-4-7-16(14)20-11-5-8-17-9-12-19-13-10-17/h3-4,6-7H,2,5,8-13H2,1H3. The van der Waals surface area contributed by atoms with Gasteiger partial charge in [0.15, 0.2) is 5.78 Å². The van der Waals surface area contributed by atoms with E-state index in [9.17, 15) is 4.79 Å². The van der Waals surface area contributed by atoms with E-state index in [0.29, 0.717) is 24.3 Å². The number of nitrogens with zero attached hydrogens (tertiary/aromatic N) is 1. The average Bonchev–Trinajstić information content (AvgIpc) is 2.52. The molecule has 0 atom stereocenters. The number of carbonyl (C=O) groups excluding carboxylic acids is 1. The van der Waals surface area contributed by atoms with Crippen molar-refractivity contribution in [2.75, 3.05) is 39.5 Å². The molecule has 1 aliphatic rings. The maximum absolute atomic E-state index is 11.8. The largest absolute Gasteiger partial charge is 0.493 e. The number of hydrogen-bond donors (Lipinski definition) is 0. The molecule has 20 heavy (non-hydrogen) atoms. The number of ketones is 1. The Hall–Kier alpha value is -1.39. The van der Waals surface area contributed by atoms with Gasteiger partial charge < -0.3 is 9.47 Å². The van der Waals surface area contributed by atoms with Crippen LogP contribution in [0.15, 0.2) is 24.3 Å². The molecule has 0 amide bonds. The summed E-state index contributed by atoms with van der Waals surface area (Å²) in [7, 11) is 0. The Kier molecular flexibility index (Phi) is 6.02. The summed E-state index contributed by atoms with van der Waals surface area (Å²) in [5.41, 5.74) is 0.696. The maximum atomic E-state index is 11.8. The fraction of sp³-hybridized carbons (Fsp3) is 0.562. The molecule has 4 nitrogen and oxygen atoms in total. The van der Waals surface area contributed by atoms with Gasteiger partial charge in [0, 0.05) is 26.1 Å². The summed E-state index contributed by atoms with van der Waals surface area (Å²) in [6, 6.07) is 7.49. The lowest BCUT2D eigenvalue weighted by Gasteiger charge is -2.26. The fourth-order valence-corrected chi connectivity index (χ4v) is 2.31. The van der Waals surface area contributed by atoms with Crippen LogP contribution in [-0.2, 0) is 4.74 Å². The van der Waals surface area contributed by atoms with Crippen LogP contribution in [0.25, 0.3) is 0 Å². The molecule has 0 unspecified atom stereocenters. The molecule has 1 aromatic carbocycles. The van der Waals surface area contributed by atoms with E-state index in [4.69, 9.17) is 9.47 Å². The molecular formula is C16H23NO3. The highest BCUT2D eigenvalue weighted by Crippen LogP contribution is 2.19. The molecule has 1 heterocycles. The molecule has 0 aliphatic carbocycles. The Morgan fingerprint density at radius 1 is 1.30 bits per heavy atom. The number of morpholine rings is 1. The van der Waals surface area contributed by atoms with Crippen LogP contribution in [0, 0.1) is 0 Å². The molecule has 0 spiro atoms. The number of benzene rings is 1. The van der Waals surface area contributed by atoms with Crippen molar-refractivity contribution in [2.24, 2.45) is 0 Å². The van der Waals surface area contributed by atoms with E-state index in [0.717, 1.165) is 39.3 Å². The third kappa shape index (κ3) is 4.32. The monoisotopic (exact) mass is 277 g/mol. The first-order valence-electron chi connectivity index (χ1n) is 7.36. The van der Waals surface area contributed by atoms with Gasteiger partial charge in [0.25, 0.3) is 0 Å². The molecule has 0 aromatic heterocycles. The van der Waals surface area contributed by atoms with Crippen molar-refractivity contribution in [3.05, 3.63) is 29.8 Å². The van der Waals surface area contributed by atoms with Crippen molar-refractivity contribution in [1.82, 2.24) is 4.90 Å². The summed E-state index contributed by atoms with van der Waals surface area (Å²) in [6.07, 6.45) is 1.48. The molecular weight excluding hydrogens is 254 g/mol. The molecule has 110 valence electrons. The number of Topliss-reactive ketones (excluding diaryl/α,β-unsaturated/α-hetero) is 1. The van der Waals surface area contributed by atoms with Gasteiger partial charge in [-0.2, -0.15) is 0 Å². The van der Waals surface area contributed by atoms with E-state index in [-0.39, 0.29) is 5.78 Å². The third-order valence-electron chi connectivity index (χ3n) is 3.49. The Morgan fingerprint density at radius 3 is 2.80 bits per heavy atom. The van der Waals surface area contributed by atoms with Gasteiger partial charge in [-0.1, -0.05) is 19.1 Å². The van der Waals surface area contributed by atoms with E-state index in [2.05, 4.69) is 4.90 Å². The van der Waals surface area contributed by atoms with E-state index < -0.39 is 0 Å². The number of ether oxygens (including phenoxy) is 2. The second kappa shape index (κ2) is 8.02. The molecule has 1 aromatic rings. The number of para-hydroxylation sites is 1. The van der Waals surface area contributed by atoms with Gasteiger partial charge in [-0.15, -0.1) is 0 Å². The molecule has 0 bridgehead atoms. The maximum Gasteiger partial charge on any atom is 0.166 e. The van der Waals surface area contributed by atoms with Crippen molar-refractivity contribution in [2.45, 2.75) is 19.8 Å². The SMILES string of the molecule is CCC(=O)c1ccccc1OCCCN1CCOCC1. The van der Waals surface area contributed by atoms with Gasteiger partial charge in [-0.05, 0) is 18.6 Å². The van der Waals surface area contributed by atoms with Crippen molar-refractivity contribution >= 4 is 5.78 Å². The van der Waals surface area contributed by atoms with Gasteiger partial charge in [0.05, 0.1) is 25.4 Å². The second-order valence-corrected chi connectivity index (χ2v) is 4.93. The van der Waals surface area contributed by atoms with Gasteiger partial charge in [-0.3, -0.25) is 9.69 Å². The first-order valence-corrected chi connectivity index (χ1v) is 7.36. The topological polar surface area (TPSA) is 38.8 Å². The molecule has 0 radical (unpaired) electrons. The highest BCUT2D eigenvalue weighted by molar-refractivity contribution is 5.98. The van der Waals surface area contributed by atoms with Crippen molar-refractivity contribution < 1.29 is 14.3 Å². The molecule has 1 fully saturated rings. The summed E-state index contributed by atoms with van der Waals surface area (Å²) in [5.74, 6) is 0.843. The Labute approximate surface area is 120 Å². The molecule has 4 heteroatoms. The van der Waals surface area contributed by atoms with Crippen LogP contribution in [0.3, 0.4) is 0 Å². The summed E-state index contributed by atoms with van der Waals surface area (Å²) in [5, 5.41) is 0. The van der Waals surface area contributed by atoms with Crippen LogP contribution < -0.4 is 4.74 Å². The first-order chi connectivity index (χ1) is 9.81. The van der Waals surface area contributed by atoms with Gasteiger partial charge >= 0.3 is 0 Å². The minimum atomic E-state index is 0.133. The van der Waals surface area contributed by atoms with Gasteiger partial charge in [-0.25, -0.2) is 0 Å². The highest BCUT2D eigenvalue weighted by Gasteiger charge is 2.11. The van der Waals surface area contributed by atoms with E-state index in [1.807, 2.05) is 31.2 Å². The van der Waals surface area contributed by atoms with Crippen molar-refractivity contribution in [1.29, 1.82) is 0 Å². The van der Waals surface area contributed by atoms with Crippen LogP contribution in [0.5, 0.6) is 5.75 Å². The van der Waals surface area contributed by atoms with E-state index >= 15 is 0 Å². The number of rotatable bonds is 7. The quantitative estimate of drug-likeness (QED) is 0.566. The van der Waals surface area contributed by atoms with E-state index in [1.54, 1.807) is 0 Å².